The maximum atomic E-state index is 12.3. The van der Waals surface area contributed by atoms with E-state index in [9.17, 15) is 9.46 Å². The second kappa shape index (κ2) is 11.0. The zero-order valence-electron chi connectivity index (χ0n) is 14.3. The molecule has 1 aromatic carbocycles. The van der Waals surface area contributed by atoms with Crippen LogP contribution in [0.15, 0.2) is 36.0 Å². The van der Waals surface area contributed by atoms with Crippen LogP contribution >= 0.6 is 7.37 Å². The SMILES string of the molecule is CC(CP(=O)([O-])CN1CCCCC1)[Si]C=Cc1ccccc1.[Na+]. The molecule has 2 unspecified atom stereocenters. The van der Waals surface area contributed by atoms with Crippen molar-refractivity contribution in [2.24, 2.45) is 0 Å². The summed E-state index contributed by atoms with van der Waals surface area (Å²) in [6, 6.07) is 10.1. The molecule has 1 aliphatic heterocycles. The Hall–Kier alpha value is 0.327. The van der Waals surface area contributed by atoms with E-state index < -0.39 is 7.37 Å². The monoisotopic (exact) mass is 357 g/mol. The first-order chi connectivity index (χ1) is 10.6. The number of rotatable bonds is 7. The normalized spacial score (nSPS) is 19.9. The molecule has 120 valence electrons. The Morgan fingerprint density at radius 1 is 1.26 bits per heavy atom. The first-order valence-corrected chi connectivity index (χ1v) is 11.2. The van der Waals surface area contributed by atoms with Crippen LogP contribution in [-0.2, 0) is 4.57 Å². The molecule has 2 rings (SSSR count). The van der Waals surface area contributed by atoms with Gasteiger partial charge in [0.15, 0.2) is 0 Å². The van der Waals surface area contributed by atoms with E-state index in [1.165, 1.54) is 12.0 Å². The number of benzene rings is 1. The van der Waals surface area contributed by atoms with Crippen LogP contribution in [0.25, 0.3) is 6.08 Å². The molecule has 6 heteroatoms. The van der Waals surface area contributed by atoms with Gasteiger partial charge in [-0.2, -0.15) is 0 Å². The van der Waals surface area contributed by atoms with Gasteiger partial charge in [0.05, 0.1) is 9.52 Å². The zero-order valence-corrected chi connectivity index (χ0v) is 18.2. The van der Waals surface area contributed by atoms with Crippen LogP contribution in [0.4, 0.5) is 0 Å². The first kappa shape index (κ1) is 21.4. The number of hydrogen-bond donors (Lipinski definition) is 0. The molecule has 1 aliphatic rings. The molecule has 1 heterocycles. The molecule has 0 saturated carbocycles. The standard InChI is InChI=1S/C17H26NO2PSi.Na/c1-16(22-13-10-17-8-4-2-5-9-17)14-21(19,20)15-18-11-6-3-7-12-18;/h2,4-5,8-10,13,16H,3,6-7,11-12,14-15H2,1H3,(H,19,20);/q;+1/p-1. The summed E-state index contributed by atoms with van der Waals surface area (Å²) in [4.78, 5) is 14.4. The molecule has 0 N–H and O–H groups in total. The summed E-state index contributed by atoms with van der Waals surface area (Å²) in [7, 11) is -2.73. The van der Waals surface area contributed by atoms with Crippen LogP contribution in [-0.4, -0.2) is 40.0 Å². The average molecular weight is 357 g/mol. The molecule has 1 fully saturated rings. The summed E-state index contributed by atoms with van der Waals surface area (Å²) < 4.78 is 12.3. The molecular weight excluding hydrogens is 332 g/mol. The molecule has 0 spiro atoms. The van der Waals surface area contributed by atoms with Gasteiger partial charge in [0.25, 0.3) is 0 Å². The van der Waals surface area contributed by atoms with E-state index in [2.05, 4.69) is 28.8 Å². The number of likely N-dealkylation sites (tertiary alicyclic amines) is 1. The summed E-state index contributed by atoms with van der Waals surface area (Å²) >= 11 is 0. The van der Waals surface area contributed by atoms with Crippen molar-refractivity contribution in [3.05, 3.63) is 41.6 Å². The van der Waals surface area contributed by atoms with E-state index in [1.54, 1.807) is 0 Å². The molecule has 1 aromatic rings. The fraction of sp³-hybridized carbons (Fsp3) is 0.529. The van der Waals surface area contributed by atoms with Crippen molar-refractivity contribution in [3.8, 4) is 0 Å². The van der Waals surface area contributed by atoms with E-state index in [-0.39, 0.29) is 41.4 Å². The maximum absolute atomic E-state index is 12.3. The van der Waals surface area contributed by atoms with Crippen molar-refractivity contribution < 1.29 is 39.0 Å². The molecule has 23 heavy (non-hydrogen) atoms. The third kappa shape index (κ3) is 8.83. The Bertz CT molecular complexity index is 521. The minimum atomic E-state index is -3.28. The van der Waals surface area contributed by atoms with Gasteiger partial charge in [-0.1, -0.05) is 55.5 Å². The third-order valence-corrected chi connectivity index (χ3v) is 7.28. The molecule has 0 amide bonds. The molecule has 2 atom stereocenters. The smallest absolute Gasteiger partial charge is 0.798 e. The van der Waals surface area contributed by atoms with Crippen molar-refractivity contribution in [2.75, 3.05) is 25.5 Å². The quantitative estimate of drug-likeness (QED) is 0.519. The molecule has 2 radical (unpaired) electrons. The molecule has 3 nitrogen and oxygen atoms in total. The van der Waals surface area contributed by atoms with E-state index >= 15 is 0 Å². The molecular formula is C17H25NNaO2PSi. The second-order valence-electron chi connectivity index (χ2n) is 6.13. The van der Waals surface area contributed by atoms with E-state index in [1.807, 2.05) is 25.1 Å². The minimum Gasteiger partial charge on any atom is -0.798 e. The van der Waals surface area contributed by atoms with E-state index in [4.69, 9.17) is 0 Å². The van der Waals surface area contributed by atoms with Gasteiger partial charge in [-0.25, -0.2) is 0 Å². The van der Waals surface area contributed by atoms with Crippen LogP contribution < -0.4 is 34.5 Å². The van der Waals surface area contributed by atoms with Crippen molar-refractivity contribution in [3.63, 3.8) is 0 Å². The predicted molar refractivity (Wildman–Crippen MR) is 93.4 cm³/mol. The van der Waals surface area contributed by atoms with Crippen LogP contribution in [0.1, 0.15) is 31.7 Å². The van der Waals surface area contributed by atoms with Gasteiger partial charge in [0.2, 0.25) is 0 Å². The molecule has 1 saturated heterocycles. The Kier molecular flexibility index (Phi) is 10.3. The summed E-state index contributed by atoms with van der Waals surface area (Å²) in [5.74, 6) is 0. The summed E-state index contributed by atoms with van der Waals surface area (Å²) in [5.41, 5.74) is 3.48. The Labute approximate surface area is 165 Å². The Balaban J connectivity index is 0.00000264. The van der Waals surface area contributed by atoms with Gasteiger partial charge in [0.1, 0.15) is 0 Å². The molecule has 0 aliphatic carbocycles. The topological polar surface area (TPSA) is 43.4 Å². The van der Waals surface area contributed by atoms with Crippen molar-refractivity contribution in [2.45, 2.75) is 31.7 Å². The largest absolute Gasteiger partial charge is 1.00 e. The minimum absolute atomic E-state index is 0. The van der Waals surface area contributed by atoms with Gasteiger partial charge in [-0.3, -0.25) is 4.90 Å². The van der Waals surface area contributed by atoms with Gasteiger partial charge >= 0.3 is 29.6 Å². The van der Waals surface area contributed by atoms with Crippen molar-refractivity contribution in [1.82, 2.24) is 4.90 Å². The summed E-state index contributed by atoms with van der Waals surface area (Å²) in [6.45, 7) is 3.92. The number of hydrogen-bond acceptors (Lipinski definition) is 3. The predicted octanol–water partition coefficient (Wildman–Crippen LogP) is 0.256. The number of piperidine rings is 1. The molecule has 0 aromatic heterocycles. The summed E-state index contributed by atoms with van der Waals surface area (Å²) in [6.07, 6.45) is 6.18. The number of nitrogens with zero attached hydrogens (tertiary/aromatic N) is 1. The van der Waals surface area contributed by atoms with Crippen LogP contribution in [0.5, 0.6) is 0 Å². The second-order valence-corrected chi connectivity index (χ2v) is 10.1. The van der Waals surface area contributed by atoms with Gasteiger partial charge in [-0.05, 0) is 43.2 Å². The zero-order chi connectivity index (χ0) is 15.8. The van der Waals surface area contributed by atoms with Gasteiger partial charge < -0.3 is 9.46 Å². The maximum Gasteiger partial charge on any atom is 1.00 e. The van der Waals surface area contributed by atoms with Crippen molar-refractivity contribution >= 4 is 23.0 Å². The van der Waals surface area contributed by atoms with Crippen LogP contribution in [0, 0.1) is 0 Å². The Morgan fingerprint density at radius 3 is 2.57 bits per heavy atom. The first-order valence-electron chi connectivity index (χ1n) is 8.04. The molecule has 0 bridgehead atoms. The third-order valence-electron chi connectivity index (χ3n) is 3.87. The van der Waals surface area contributed by atoms with E-state index in [0.29, 0.717) is 15.7 Å². The van der Waals surface area contributed by atoms with E-state index in [0.717, 1.165) is 25.9 Å². The van der Waals surface area contributed by atoms with Gasteiger partial charge in [0, 0.05) is 13.7 Å². The summed E-state index contributed by atoms with van der Waals surface area (Å²) in [5, 5.41) is 0. The average Bonchev–Trinajstić information content (AvgIpc) is 2.48. The van der Waals surface area contributed by atoms with Crippen LogP contribution in [0.3, 0.4) is 0 Å². The Morgan fingerprint density at radius 2 is 1.91 bits per heavy atom. The van der Waals surface area contributed by atoms with Crippen molar-refractivity contribution in [1.29, 1.82) is 0 Å². The van der Waals surface area contributed by atoms with Gasteiger partial charge in [-0.15, -0.1) is 0 Å². The fourth-order valence-corrected chi connectivity index (χ4v) is 6.52. The van der Waals surface area contributed by atoms with Crippen LogP contribution in [0.2, 0.25) is 5.54 Å². The fourth-order valence-electron chi connectivity index (χ4n) is 2.81.